The highest BCUT2D eigenvalue weighted by atomic mass is 16.5. The van der Waals surface area contributed by atoms with Crippen LogP contribution in [-0.2, 0) is 11.2 Å². The maximum absolute atomic E-state index is 12.3. The minimum Gasteiger partial charge on any atom is -0.493 e. The van der Waals surface area contributed by atoms with Crippen LogP contribution in [0.4, 0.5) is 5.82 Å². The van der Waals surface area contributed by atoms with E-state index >= 15 is 0 Å². The first-order valence-corrected chi connectivity index (χ1v) is 10.3. The summed E-state index contributed by atoms with van der Waals surface area (Å²) in [5, 5.41) is 9.94. The summed E-state index contributed by atoms with van der Waals surface area (Å²) in [4.78, 5) is 27.4. The average molecular weight is 442 g/mol. The number of carbonyl (C=O) groups excluding carboxylic acids is 1. The van der Waals surface area contributed by atoms with Crippen molar-refractivity contribution in [1.29, 1.82) is 0 Å². The van der Waals surface area contributed by atoms with Gasteiger partial charge in [0.1, 0.15) is 11.6 Å². The number of anilines is 1. The highest BCUT2D eigenvalue weighted by Gasteiger charge is 2.13. The minimum absolute atomic E-state index is 0.0292. The van der Waals surface area contributed by atoms with E-state index in [1.54, 1.807) is 55.8 Å². The Morgan fingerprint density at radius 1 is 1.09 bits per heavy atom. The van der Waals surface area contributed by atoms with Crippen LogP contribution in [0.25, 0.3) is 28.2 Å². The molecule has 2 heterocycles. The molecule has 4 aromatic rings. The second kappa shape index (κ2) is 9.40. The van der Waals surface area contributed by atoms with E-state index in [2.05, 4.69) is 4.98 Å². The number of furan rings is 1. The maximum Gasteiger partial charge on any atom is 0.335 e. The van der Waals surface area contributed by atoms with E-state index in [-0.39, 0.29) is 11.3 Å². The SMILES string of the molecule is COc1cc(-c2ccc(C(=O)O)cc2)cc2cc(CCC(=O)/C=C/c3ccc(N)nc3)oc12. The number of nitrogens with zero attached hydrogens (tertiary/aromatic N) is 1. The summed E-state index contributed by atoms with van der Waals surface area (Å²) < 4.78 is 11.5. The van der Waals surface area contributed by atoms with Gasteiger partial charge in [0.25, 0.3) is 0 Å². The second-order valence-electron chi connectivity index (χ2n) is 7.51. The van der Waals surface area contributed by atoms with Crippen molar-refractivity contribution in [1.82, 2.24) is 4.98 Å². The van der Waals surface area contributed by atoms with Crippen LogP contribution < -0.4 is 10.5 Å². The topological polar surface area (TPSA) is 116 Å². The molecule has 4 rings (SSSR count). The molecule has 33 heavy (non-hydrogen) atoms. The van der Waals surface area contributed by atoms with Crippen molar-refractivity contribution in [2.75, 3.05) is 12.8 Å². The molecule has 0 fully saturated rings. The fourth-order valence-corrected chi connectivity index (χ4v) is 3.46. The Labute approximate surface area is 190 Å². The number of carboxylic acid groups (broad SMARTS) is 1. The lowest BCUT2D eigenvalue weighted by Crippen LogP contribution is -1.95. The van der Waals surface area contributed by atoms with Gasteiger partial charge in [0, 0.05) is 24.4 Å². The number of nitrogen functional groups attached to an aromatic ring is 1. The number of methoxy groups -OCH3 is 1. The molecule has 0 aliphatic carbocycles. The van der Waals surface area contributed by atoms with Gasteiger partial charge in [-0.05, 0) is 71.3 Å². The van der Waals surface area contributed by atoms with Crippen LogP contribution >= 0.6 is 0 Å². The quantitative estimate of drug-likeness (QED) is 0.369. The number of allylic oxidation sites excluding steroid dienone is 1. The lowest BCUT2D eigenvalue weighted by Gasteiger charge is -2.06. The molecule has 166 valence electrons. The zero-order chi connectivity index (χ0) is 23.4. The van der Waals surface area contributed by atoms with Crippen molar-refractivity contribution in [3.8, 4) is 16.9 Å². The number of rotatable bonds is 8. The average Bonchev–Trinajstić information content (AvgIpc) is 3.25. The molecule has 0 amide bonds. The molecule has 0 radical (unpaired) electrons. The number of aromatic nitrogens is 1. The molecular formula is C26H22N2O5. The fraction of sp³-hybridized carbons (Fsp3) is 0.115. The summed E-state index contributed by atoms with van der Waals surface area (Å²) in [6.45, 7) is 0. The number of hydrogen-bond acceptors (Lipinski definition) is 6. The third kappa shape index (κ3) is 5.10. The molecule has 2 aromatic carbocycles. The fourth-order valence-electron chi connectivity index (χ4n) is 3.46. The van der Waals surface area contributed by atoms with Crippen LogP contribution in [0.5, 0.6) is 5.75 Å². The first-order chi connectivity index (χ1) is 15.9. The van der Waals surface area contributed by atoms with Crippen molar-refractivity contribution < 1.29 is 23.8 Å². The van der Waals surface area contributed by atoms with Gasteiger partial charge in [0.15, 0.2) is 17.1 Å². The first-order valence-electron chi connectivity index (χ1n) is 10.3. The standard InChI is InChI=1S/C26H22N2O5/c1-32-23-14-19(17-4-6-18(7-5-17)26(30)31)12-20-13-22(33-25(20)23)10-9-21(29)8-2-16-3-11-24(27)28-15-16/h2-8,11-15H,9-10H2,1H3,(H2,27,28)(H,30,31)/b8-2+. The number of aromatic carboxylic acids is 1. The molecule has 0 saturated heterocycles. The molecule has 0 saturated carbocycles. The molecule has 0 unspecified atom stereocenters. The van der Waals surface area contributed by atoms with Gasteiger partial charge >= 0.3 is 5.97 Å². The number of pyridine rings is 1. The van der Waals surface area contributed by atoms with Gasteiger partial charge in [-0.25, -0.2) is 9.78 Å². The Morgan fingerprint density at radius 3 is 2.55 bits per heavy atom. The molecule has 3 N–H and O–H groups in total. The van der Waals surface area contributed by atoms with E-state index in [0.717, 1.165) is 22.1 Å². The van der Waals surface area contributed by atoms with Gasteiger partial charge in [-0.1, -0.05) is 12.1 Å². The van der Waals surface area contributed by atoms with Crippen LogP contribution in [0.3, 0.4) is 0 Å². The van der Waals surface area contributed by atoms with Gasteiger partial charge in [-0.15, -0.1) is 0 Å². The Kier molecular flexibility index (Phi) is 6.22. The monoisotopic (exact) mass is 442 g/mol. The van der Waals surface area contributed by atoms with Crippen molar-refractivity contribution in [2.24, 2.45) is 0 Å². The summed E-state index contributed by atoms with van der Waals surface area (Å²) in [7, 11) is 1.56. The predicted molar refractivity (Wildman–Crippen MR) is 126 cm³/mol. The first kappa shape index (κ1) is 21.8. The summed E-state index contributed by atoms with van der Waals surface area (Å²) in [6.07, 6.45) is 5.58. The number of aryl methyl sites for hydroxylation is 1. The van der Waals surface area contributed by atoms with Gasteiger partial charge in [0.2, 0.25) is 0 Å². The number of ketones is 1. The Bertz CT molecular complexity index is 1340. The number of fused-ring (bicyclic) bond motifs is 1. The third-order valence-corrected chi connectivity index (χ3v) is 5.21. The molecule has 0 atom stereocenters. The van der Waals surface area contributed by atoms with Gasteiger partial charge in [-0.3, -0.25) is 4.79 Å². The van der Waals surface area contributed by atoms with Crippen molar-refractivity contribution in [3.05, 3.63) is 83.8 Å². The summed E-state index contributed by atoms with van der Waals surface area (Å²) in [5.74, 6) is 0.678. The van der Waals surface area contributed by atoms with E-state index in [0.29, 0.717) is 35.8 Å². The van der Waals surface area contributed by atoms with Crippen molar-refractivity contribution in [3.63, 3.8) is 0 Å². The highest BCUT2D eigenvalue weighted by Crippen LogP contribution is 2.35. The molecule has 7 nitrogen and oxygen atoms in total. The smallest absolute Gasteiger partial charge is 0.335 e. The van der Waals surface area contributed by atoms with Crippen molar-refractivity contribution in [2.45, 2.75) is 12.8 Å². The van der Waals surface area contributed by atoms with Crippen LogP contribution in [-0.4, -0.2) is 29.0 Å². The van der Waals surface area contributed by atoms with Crippen LogP contribution in [0.15, 0.2) is 71.3 Å². The normalized spacial score (nSPS) is 11.2. The lowest BCUT2D eigenvalue weighted by atomic mass is 10.0. The molecular weight excluding hydrogens is 420 g/mol. The van der Waals surface area contributed by atoms with E-state index in [1.807, 2.05) is 18.2 Å². The lowest BCUT2D eigenvalue weighted by molar-refractivity contribution is -0.114. The number of ether oxygens (including phenoxy) is 1. The summed E-state index contributed by atoms with van der Waals surface area (Å²) in [5.41, 5.74) is 8.93. The molecule has 0 spiro atoms. The number of carboxylic acids is 1. The number of nitrogens with two attached hydrogens (primary N) is 1. The van der Waals surface area contributed by atoms with Gasteiger partial charge in [-0.2, -0.15) is 0 Å². The number of carbonyl (C=O) groups is 2. The van der Waals surface area contributed by atoms with E-state index < -0.39 is 5.97 Å². The highest BCUT2D eigenvalue weighted by molar-refractivity contribution is 5.94. The maximum atomic E-state index is 12.3. The minimum atomic E-state index is -0.969. The van der Waals surface area contributed by atoms with Crippen LogP contribution in [0.2, 0.25) is 0 Å². The second-order valence-corrected chi connectivity index (χ2v) is 7.51. The van der Waals surface area contributed by atoms with Gasteiger partial charge < -0.3 is 20.0 Å². The molecule has 0 bridgehead atoms. The van der Waals surface area contributed by atoms with E-state index in [1.165, 1.54) is 6.08 Å². The molecule has 2 aromatic heterocycles. The van der Waals surface area contributed by atoms with Crippen molar-refractivity contribution >= 4 is 34.6 Å². The zero-order valence-corrected chi connectivity index (χ0v) is 17.9. The Hall–Kier alpha value is -4.39. The third-order valence-electron chi connectivity index (χ3n) is 5.21. The predicted octanol–water partition coefficient (Wildman–Crippen LogP) is 5.00. The largest absolute Gasteiger partial charge is 0.493 e. The number of benzene rings is 2. The van der Waals surface area contributed by atoms with E-state index in [9.17, 15) is 9.59 Å². The van der Waals surface area contributed by atoms with Gasteiger partial charge in [0.05, 0.1) is 12.7 Å². The van der Waals surface area contributed by atoms with Crippen LogP contribution in [0, 0.1) is 0 Å². The molecule has 7 heteroatoms. The Balaban J connectivity index is 1.50. The molecule has 0 aliphatic heterocycles. The molecule has 0 aliphatic rings. The van der Waals surface area contributed by atoms with Crippen LogP contribution in [0.1, 0.15) is 28.1 Å². The number of hydrogen-bond donors (Lipinski definition) is 2. The Morgan fingerprint density at radius 2 is 1.88 bits per heavy atom. The zero-order valence-electron chi connectivity index (χ0n) is 17.9. The van der Waals surface area contributed by atoms with E-state index in [4.69, 9.17) is 20.0 Å². The summed E-state index contributed by atoms with van der Waals surface area (Å²) >= 11 is 0. The summed E-state index contributed by atoms with van der Waals surface area (Å²) in [6, 6.07) is 15.8.